The van der Waals surface area contributed by atoms with Crippen LogP contribution < -0.4 is 5.32 Å². The van der Waals surface area contributed by atoms with Gasteiger partial charge in [0.1, 0.15) is 0 Å². The molecule has 0 aromatic heterocycles. The number of rotatable bonds is 7. The van der Waals surface area contributed by atoms with Gasteiger partial charge in [0, 0.05) is 12.1 Å². The molecule has 0 radical (unpaired) electrons. The third-order valence-corrected chi connectivity index (χ3v) is 5.32. The highest BCUT2D eigenvalue weighted by Gasteiger charge is 2.15. The first-order chi connectivity index (χ1) is 12.7. The van der Waals surface area contributed by atoms with Gasteiger partial charge in [0.15, 0.2) is 0 Å². The van der Waals surface area contributed by atoms with E-state index in [-0.39, 0.29) is 5.91 Å². The van der Waals surface area contributed by atoms with E-state index < -0.39 is 0 Å². The molecule has 0 bridgehead atoms. The zero-order valence-electron chi connectivity index (χ0n) is 15.8. The van der Waals surface area contributed by atoms with E-state index in [1.165, 1.54) is 25.9 Å². The van der Waals surface area contributed by atoms with Crippen molar-refractivity contribution in [1.29, 1.82) is 0 Å². The number of carbonyl (C=O) groups is 1. The summed E-state index contributed by atoms with van der Waals surface area (Å²) in [4.78, 5) is 15.2. The number of likely N-dealkylation sites (tertiary alicyclic amines) is 1. The molecule has 0 saturated carbocycles. The molecule has 138 valence electrons. The van der Waals surface area contributed by atoms with Gasteiger partial charge in [-0.3, -0.25) is 4.79 Å². The quantitative estimate of drug-likeness (QED) is 0.741. The maximum Gasteiger partial charge on any atom is 0.251 e. The molecule has 0 aliphatic carbocycles. The number of nitrogens with one attached hydrogen (secondary N) is 1. The van der Waals surface area contributed by atoms with Crippen molar-refractivity contribution < 1.29 is 4.79 Å². The maximum absolute atomic E-state index is 12.6. The van der Waals surface area contributed by atoms with Gasteiger partial charge in [-0.2, -0.15) is 0 Å². The predicted octanol–water partition coefficient (Wildman–Crippen LogP) is 4.60. The van der Waals surface area contributed by atoms with E-state index in [0.717, 1.165) is 48.5 Å². The van der Waals surface area contributed by atoms with Gasteiger partial charge in [-0.15, -0.1) is 0 Å². The standard InChI is InChI=1S/C23H30N2O/c1-19-13-17-25(18-14-19)16-8-7-15-24-23(26)22-12-6-5-11-21(22)20-9-3-2-4-10-20/h2-6,9-12,19H,7-8,13-18H2,1H3,(H,24,26). The van der Waals surface area contributed by atoms with Gasteiger partial charge in [0.05, 0.1) is 0 Å². The summed E-state index contributed by atoms with van der Waals surface area (Å²) in [6.07, 6.45) is 4.83. The van der Waals surface area contributed by atoms with Crippen LogP contribution in [0.25, 0.3) is 11.1 Å². The zero-order chi connectivity index (χ0) is 18.2. The lowest BCUT2D eigenvalue weighted by Gasteiger charge is -2.30. The van der Waals surface area contributed by atoms with Crippen LogP contribution in [0.15, 0.2) is 54.6 Å². The van der Waals surface area contributed by atoms with Crippen LogP contribution >= 0.6 is 0 Å². The lowest BCUT2D eigenvalue weighted by molar-refractivity contribution is 0.0953. The van der Waals surface area contributed by atoms with Gasteiger partial charge in [0.25, 0.3) is 5.91 Å². The van der Waals surface area contributed by atoms with Gasteiger partial charge >= 0.3 is 0 Å². The van der Waals surface area contributed by atoms with Crippen LogP contribution in [0.4, 0.5) is 0 Å². The molecule has 1 saturated heterocycles. The summed E-state index contributed by atoms with van der Waals surface area (Å²) < 4.78 is 0. The molecule has 1 aliphatic rings. The number of hydrogen-bond donors (Lipinski definition) is 1. The lowest BCUT2D eigenvalue weighted by atomic mass is 9.99. The minimum absolute atomic E-state index is 0.0243. The Morgan fingerprint density at radius 1 is 1.00 bits per heavy atom. The summed E-state index contributed by atoms with van der Waals surface area (Å²) in [6.45, 7) is 6.71. The van der Waals surface area contributed by atoms with Crippen LogP contribution in [0.3, 0.4) is 0 Å². The molecule has 26 heavy (non-hydrogen) atoms. The molecular weight excluding hydrogens is 320 g/mol. The molecule has 2 aromatic rings. The third kappa shape index (κ3) is 5.18. The van der Waals surface area contributed by atoms with Crippen molar-refractivity contribution in [2.75, 3.05) is 26.2 Å². The average molecular weight is 351 g/mol. The van der Waals surface area contributed by atoms with Gasteiger partial charge in [-0.25, -0.2) is 0 Å². The van der Waals surface area contributed by atoms with Crippen molar-refractivity contribution in [1.82, 2.24) is 10.2 Å². The first kappa shape index (κ1) is 18.7. The Balaban J connectivity index is 1.46. The van der Waals surface area contributed by atoms with E-state index in [2.05, 4.69) is 17.1 Å². The van der Waals surface area contributed by atoms with Crippen molar-refractivity contribution >= 4 is 5.91 Å². The fraction of sp³-hybridized carbons (Fsp3) is 0.435. The van der Waals surface area contributed by atoms with Crippen molar-refractivity contribution in [3.05, 3.63) is 60.2 Å². The van der Waals surface area contributed by atoms with Gasteiger partial charge < -0.3 is 10.2 Å². The molecule has 0 atom stereocenters. The van der Waals surface area contributed by atoms with Crippen molar-refractivity contribution in [3.8, 4) is 11.1 Å². The molecule has 3 heteroatoms. The highest BCUT2D eigenvalue weighted by Crippen LogP contribution is 2.23. The summed E-state index contributed by atoms with van der Waals surface area (Å²) in [5.41, 5.74) is 2.83. The third-order valence-electron chi connectivity index (χ3n) is 5.32. The monoisotopic (exact) mass is 350 g/mol. The van der Waals surface area contributed by atoms with E-state index in [4.69, 9.17) is 0 Å². The first-order valence-corrected chi connectivity index (χ1v) is 9.89. The van der Waals surface area contributed by atoms with Crippen molar-refractivity contribution in [2.24, 2.45) is 5.92 Å². The highest BCUT2D eigenvalue weighted by molar-refractivity contribution is 6.00. The van der Waals surface area contributed by atoms with Crippen molar-refractivity contribution in [2.45, 2.75) is 32.6 Å². The zero-order valence-corrected chi connectivity index (χ0v) is 15.8. The second-order valence-corrected chi connectivity index (χ2v) is 7.40. The number of amides is 1. The molecule has 1 aliphatic heterocycles. The Labute approximate surface area is 157 Å². The smallest absolute Gasteiger partial charge is 0.251 e. The van der Waals surface area contributed by atoms with Crippen LogP contribution in [0.2, 0.25) is 0 Å². The summed E-state index contributed by atoms with van der Waals surface area (Å²) in [6, 6.07) is 17.9. The molecule has 0 spiro atoms. The van der Waals surface area contributed by atoms with Crippen LogP contribution in [0.1, 0.15) is 43.0 Å². The van der Waals surface area contributed by atoms with Crippen LogP contribution in [0, 0.1) is 5.92 Å². The minimum atomic E-state index is 0.0243. The Morgan fingerprint density at radius 2 is 1.69 bits per heavy atom. The fourth-order valence-corrected chi connectivity index (χ4v) is 3.59. The second kappa shape index (κ2) is 9.54. The molecule has 1 amide bonds. The Kier molecular flexibility index (Phi) is 6.84. The SMILES string of the molecule is CC1CCN(CCCCNC(=O)c2ccccc2-c2ccccc2)CC1. The van der Waals surface area contributed by atoms with Crippen molar-refractivity contribution in [3.63, 3.8) is 0 Å². The van der Waals surface area contributed by atoms with E-state index >= 15 is 0 Å². The molecule has 1 fully saturated rings. The fourth-order valence-electron chi connectivity index (χ4n) is 3.59. The number of piperidine rings is 1. The largest absolute Gasteiger partial charge is 0.352 e. The first-order valence-electron chi connectivity index (χ1n) is 9.89. The molecule has 1 heterocycles. The number of benzene rings is 2. The molecule has 2 aromatic carbocycles. The summed E-state index contributed by atoms with van der Waals surface area (Å²) in [7, 11) is 0. The molecule has 3 rings (SSSR count). The Morgan fingerprint density at radius 3 is 2.46 bits per heavy atom. The molecule has 1 N–H and O–H groups in total. The molecule has 0 unspecified atom stereocenters. The van der Waals surface area contributed by atoms with Gasteiger partial charge in [-0.05, 0) is 68.4 Å². The Hall–Kier alpha value is -2.13. The van der Waals surface area contributed by atoms with E-state index in [1.54, 1.807) is 0 Å². The van der Waals surface area contributed by atoms with Crippen LogP contribution in [-0.4, -0.2) is 37.0 Å². The van der Waals surface area contributed by atoms with E-state index in [1.807, 2.05) is 54.6 Å². The number of carbonyl (C=O) groups excluding carboxylic acids is 1. The number of nitrogens with zero attached hydrogens (tertiary/aromatic N) is 1. The number of unbranched alkanes of at least 4 members (excludes halogenated alkanes) is 1. The minimum Gasteiger partial charge on any atom is -0.352 e. The maximum atomic E-state index is 12.6. The summed E-state index contributed by atoms with van der Waals surface area (Å²) >= 11 is 0. The topological polar surface area (TPSA) is 32.3 Å². The summed E-state index contributed by atoms with van der Waals surface area (Å²) in [5.74, 6) is 0.909. The second-order valence-electron chi connectivity index (χ2n) is 7.40. The Bertz CT molecular complexity index is 690. The normalized spacial score (nSPS) is 15.7. The van der Waals surface area contributed by atoms with Crippen LogP contribution in [-0.2, 0) is 0 Å². The molecular formula is C23H30N2O. The predicted molar refractivity (Wildman–Crippen MR) is 108 cm³/mol. The van der Waals surface area contributed by atoms with Gasteiger partial charge in [-0.1, -0.05) is 55.5 Å². The highest BCUT2D eigenvalue weighted by atomic mass is 16.1. The van der Waals surface area contributed by atoms with Gasteiger partial charge in [0.2, 0.25) is 0 Å². The van der Waals surface area contributed by atoms with E-state index in [0.29, 0.717) is 0 Å². The van der Waals surface area contributed by atoms with E-state index in [9.17, 15) is 4.79 Å². The molecule has 3 nitrogen and oxygen atoms in total. The van der Waals surface area contributed by atoms with Crippen LogP contribution in [0.5, 0.6) is 0 Å². The summed E-state index contributed by atoms with van der Waals surface area (Å²) in [5, 5.41) is 3.10. The lowest BCUT2D eigenvalue weighted by Crippen LogP contribution is -2.34. The average Bonchev–Trinajstić information content (AvgIpc) is 2.69. The number of hydrogen-bond acceptors (Lipinski definition) is 2.